The maximum Gasteiger partial charge on any atom is 0.165 e. The summed E-state index contributed by atoms with van der Waals surface area (Å²) in [5, 5.41) is 3.13. The van der Waals surface area contributed by atoms with Gasteiger partial charge in [-0.3, -0.25) is 4.79 Å². The first-order chi connectivity index (χ1) is 9.91. The number of carbonyl (C=O) groups is 1. The van der Waals surface area contributed by atoms with Gasteiger partial charge in [-0.15, -0.1) is 0 Å². The summed E-state index contributed by atoms with van der Waals surface area (Å²) in [4.78, 5) is 12.4. The molecule has 0 unspecified atom stereocenters. The van der Waals surface area contributed by atoms with Gasteiger partial charge in [0.25, 0.3) is 0 Å². The highest BCUT2D eigenvalue weighted by Crippen LogP contribution is 2.37. The summed E-state index contributed by atoms with van der Waals surface area (Å²) in [6.07, 6.45) is 1.58. The average Bonchev–Trinajstić information content (AvgIpc) is 2.74. The fourth-order valence-electron chi connectivity index (χ4n) is 3.29. The van der Waals surface area contributed by atoms with Crippen molar-refractivity contribution in [2.24, 2.45) is 5.41 Å². The molecule has 1 aromatic carbocycles. The molecule has 1 N–H and O–H groups in total. The van der Waals surface area contributed by atoms with Crippen LogP contribution in [-0.4, -0.2) is 17.4 Å². The number of hydrogen-bond acceptors (Lipinski definition) is 2. The number of nitrogens with one attached hydrogen (secondary N) is 1. The van der Waals surface area contributed by atoms with Gasteiger partial charge in [-0.25, -0.2) is 0 Å². The summed E-state index contributed by atoms with van der Waals surface area (Å²) < 4.78 is 2.23. The minimum Gasteiger partial charge on any atom is -0.388 e. The molecule has 3 heteroatoms. The van der Waals surface area contributed by atoms with Crippen LogP contribution >= 0.6 is 0 Å². The van der Waals surface area contributed by atoms with E-state index in [9.17, 15) is 4.79 Å². The number of benzene rings is 1. The molecule has 1 aliphatic rings. The number of hydrogen-bond donors (Lipinski definition) is 1. The van der Waals surface area contributed by atoms with Crippen molar-refractivity contribution in [3.05, 3.63) is 47.3 Å². The lowest BCUT2D eigenvalue weighted by Crippen LogP contribution is -2.27. The molecule has 0 amide bonds. The van der Waals surface area contributed by atoms with Gasteiger partial charge in [0.2, 0.25) is 0 Å². The number of ketones is 1. The molecule has 0 atom stereocenters. The molecule has 2 aromatic rings. The maximum atomic E-state index is 12.4. The molecular formula is C18H22N2O. The topological polar surface area (TPSA) is 34.0 Å². The average molecular weight is 282 g/mol. The largest absolute Gasteiger partial charge is 0.388 e. The molecule has 0 saturated carbocycles. The lowest BCUT2D eigenvalue weighted by molar-refractivity contribution is 0.0911. The minimum atomic E-state index is 0.0392. The molecule has 1 heterocycles. The van der Waals surface area contributed by atoms with Crippen LogP contribution in [0.15, 0.2) is 30.3 Å². The molecular weight excluding hydrogens is 260 g/mol. The fraction of sp³-hybridized carbons (Fsp3) is 0.389. The van der Waals surface area contributed by atoms with Crippen LogP contribution in [0, 0.1) is 12.3 Å². The van der Waals surface area contributed by atoms with Crippen molar-refractivity contribution in [2.75, 3.05) is 12.4 Å². The third-order valence-electron chi connectivity index (χ3n) is 4.29. The van der Waals surface area contributed by atoms with E-state index in [4.69, 9.17) is 0 Å². The lowest BCUT2D eigenvalue weighted by atomic mass is 9.76. The number of fused-ring (bicyclic) bond motifs is 1. The summed E-state index contributed by atoms with van der Waals surface area (Å²) >= 11 is 0. The summed E-state index contributed by atoms with van der Waals surface area (Å²) in [6, 6.07) is 10.4. The Labute approximate surface area is 126 Å². The van der Waals surface area contributed by atoms with Crippen molar-refractivity contribution in [2.45, 2.75) is 33.6 Å². The first-order valence-corrected chi connectivity index (χ1v) is 7.44. The van der Waals surface area contributed by atoms with E-state index in [1.165, 1.54) is 0 Å². The highest BCUT2D eigenvalue weighted by Gasteiger charge is 2.34. The maximum absolute atomic E-state index is 12.4. The smallest absolute Gasteiger partial charge is 0.165 e. The third kappa shape index (κ3) is 2.37. The Balaban J connectivity index is 2.13. The second-order valence-corrected chi connectivity index (χ2v) is 6.72. The zero-order valence-corrected chi connectivity index (χ0v) is 13.2. The van der Waals surface area contributed by atoms with Crippen molar-refractivity contribution in [1.29, 1.82) is 0 Å². The third-order valence-corrected chi connectivity index (χ3v) is 4.29. The fourth-order valence-corrected chi connectivity index (χ4v) is 3.29. The van der Waals surface area contributed by atoms with Crippen LogP contribution in [0.2, 0.25) is 0 Å². The lowest BCUT2D eigenvalue weighted by Gasteiger charge is -2.30. The summed E-state index contributed by atoms with van der Waals surface area (Å²) in [6.45, 7) is 6.42. The van der Waals surface area contributed by atoms with Gasteiger partial charge < -0.3 is 9.88 Å². The van der Waals surface area contributed by atoms with Crippen molar-refractivity contribution in [3.63, 3.8) is 0 Å². The van der Waals surface area contributed by atoms with E-state index < -0.39 is 0 Å². The van der Waals surface area contributed by atoms with E-state index in [0.29, 0.717) is 6.42 Å². The van der Waals surface area contributed by atoms with E-state index in [1.807, 2.05) is 13.1 Å². The van der Waals surface area contributed by atoms with E-state index in [-0.39, 0.29) is 11.2 Å². The van der Waals surface area contributed by atoms with Gasteiger partial charge in [-0.2, -0.15) is 0 Å². The minimum absolute atomic E-state index is 0.0392. The van der Waals surface area contributed by atoms with Gasteiger partial charge in [0.15, 0.2) is 5.78 Å². The number of anilines is 1. The Bertz CT molecular complexity index is 693. The van der Waals surface area contributed by atoms with Crippen LogP contribution in [0.3, 0.4) is 0 Å². The Kier molecular flexibility index (Phi) is 3.16. The van der Waals surface area contributed by atoms with E-state index in [0.717, 1.165) is 34.7 Å². The molecule has 3 rings (SSSR count). The Morgan fingerprint density at radius 3 is 2.43 bits per heavy atom. The normalized spacial score (nSPS) is 16.7. The van der Waals surface area contributed by atoms with Crippen molar-refractivity contribution < 1.29 is 4.79 Å². The van der Waals surface area contributed by atoms with Gasteiger partial charge in [0.05, 0.1) is 0 Å². The van der Waals surface area contributed by atoms with Crippen LogP contribution in [0.5, 0.6) is 0 Å². The van der Waals surface area contributed by atoms with E-state index >= 15 is 0 Å². The second-order valence-electron chi connectivity index (χ2n) is 6.72. The van der Waals surface area contributed by atoms with Crippen molar-refractivity contribution >= 4 is 11.5 Å². The molecule has 0 bridgehead atoms. The van der Waals surface area contributed by atoms with Crippen LogP contribution in [0.4, 0.5) is 5.69 Å². The van der Waals surface area contributed by atoms with Gasteiger partial charge in [0, 0.05) is 41.8 Å². The Morgan fingerprint density at radius 2 is 1.81 bits per heavy atom. The van der Waals surface area contributed by atoms with Gasteiger partial charge in [-0.1, -0.05) is 13.8 Å². The first-order valence-electron chi connectivity index (χ1n) is 7.44. The zero-order valence-electron chi connectivity index (χ0n) is 13.2. The molecule has 0 spiro atoms. The van der Waals surface area contributed by atoms with Gasteiger partial charge in [0.1, 0.15) is 0 Å². The monoisotopic (exact) mass is 282 g/mol. The van der Waals surface area contributed by atoms with Crippen LogP contribution < -0.4 is 5.32 Å². The van der Waals surface area contributed by atoms with Gasteiger partial charge >= 0.3 is 0 Å². The molecule has 0 aliphatic heterocycles. The SMILES string of the molecule is CNc1ccc(-n2c(C)cc3c2CC(C)(C)CC3=O)cc1. The molecule has 21 heavy (non-hydrogen) atoms. The summed E-state index contributed by atoms with van der Waals surface area (Å²) in [5.41, 5.74) is 5.45. The molecule has 1 aliphatic carbocycles. The summed E-state index contributed by atoms with van der Waals surface area (Å²) in [5.74, 6) is 0.273. The molecule has 0 fully saturated rings. The standard InChI is InChI=1S/C18H22N2O/c1-12-9-15-16(10-18(2,3)11-17(15)21)20(12)14-7-5-13(19-4)6-8-14/h5-9,19H,10-11H2,1-4H3. The van der Waals surface area contributed by atoms with E-state index in [2.05, 4.69) is 54.9 Å². The predicted octanol–water partition coefficient (Wildman–Crippen LogP) is 3.98. The van der Waals surface area contributed by atoms with Crippen molar-refractivity contribution in [3.8, 4) is 5.69 Å². The second kappa shape index (κ2) is 4.76. The number of aryl methyl sites for hydroxylation is 1. The number of nitrogens with zero attached hydrogens (tertiary/aromatic N) is 1. The zero-order chi connectivity index (χ0) is 15.2. The molecule has 110 valence electrons. The number of rotatable bonds is 2. The predicted molar refractivity (Wildman–Crippen MR) is 86.5 cm³/mol. The number of Topliss-reactive ketones (excluding diaryl/α,β-unsaturated/α-hetero) is 1. The highest BCUT2D eigenvalue weighted by molar-refractivity contribution is 5.99. The quantitative estimate of drug-likeness (QED) is 0.904. The highest BCUT2D eigenvalue weighted by atomic mass is 16.1. The van der Waals surface area contributed by atoms with Gasteiger partial charge in [-0.05, 0) is 49.1 Å². The molecule has 0 radical (unpaired) electrons. The molecule has 1 aromatic heterocycles. The summed E-state index contributed by atoms with van der Waals surface area (Å²) in [7, 11) is 1.92. The van der Waals surface area contributed by atoms with Crippen molar-refractivity contribution in [1.82, 2.24) is 4.57 Å². The first kappa shape index (κ1) is 13.9. The Hall–Kier alpha value is -2.03. The van der Waals surface area contributed by atoms with Crippen LogP contribution in [0.1, 0.15) is 42.0 Å². The molecule has 3 nitrogen and oxygen atoms in total. The Morgan fingerprint density at radius 1 is 1.14 bits per heavy atom. The van der Waals surface area contributed by atoms with Crippen LogP contribution in [-0.2, 0) is 6.42 Å². The van der Waals surface area contributed by atoms with Crippen LogP contribution in [0.25, 0.3) is 5.69 Å². The number of carbonyl (C=O) groups excluding carboxylic acids is 1. The molecule has 0 saturated heterocycles. The number of aromatic nitrogens is 1. The van der Waals surface area contributed by atoms with E-state index in [1.54, 1.807) is 0 Å².